The number of sulfone groups is 1. The second-order valence-corrected chi connectivity index (χ2v) is 5.69. The fourth-order valence-electron chi connectivity index (χ4n) is 0.960. The minimum absolute atomic E-state index is 0.242. The van der Waals surface area contributed by atoms with Crippen LogP contribution in [0.5, 0.6) is 0 Å². The van der Waals surface area contributed by atoms with Gasteiger partial charge in [-0.05, 0) is 33.0 Å². The Labute approximate surface area is 81.0 Å². The molecule has 0 saturated carbocycles. The summed E-state index contributed by atoms with van der Waals surface area (Å²) >= 11 is 0. The number of unbranched alkanes of at least 4 members (excludes halogenated alkanes) is 1. The van der Waals surface area contributed by atoms with Crippen molar-refractivity contribution in [1.29, 1.82) is 0 Å². The third-order valence-electron chi connectivity index (χ3n) is 1.84. The lowest BCUT2D eigenvalue weighted by atomic mass is 10.3. The molecule has 0 aliphatic rings. The van der Waals surface area contributed by atoms with Gasteiger partial charge in [0.05, 0.1) is 5.75 Å². The van der Waals surface area contributed by atoms with Gasteiger partial charge in [-0.25, -0.2) is 8.42 Å². The monoisotopic (exact) mass is 208 g/mol. The van der Waals surface area contributed by atoms with Gasteiger partial charge in [0, 0.05) is 12.8 Å². The first kappa shape index (κ1) is 12.9. The Balaban J connectivity index is 3.46. The van der Waals surface area contributed by atoms with Crippen molar-refractivity contribution in [3.05, 3.63) is 0 Å². The highest BCUT2D eigenvalue weighted by molar-refractivity contribution is 7.90. The van der Waals surface area contributed by atoms with E-state index >= 15 is 0 Å². The molecule has 0 amide bonds. The van der Waals surface area contributed by atoms with Gasteiger partial charge >= 0.3 is 0 Å². The van der Waals surface area contributed by atoms with Crippen molar-refractivity contribution in [1.82, 2.24) is 4.90 Å². The second-order valence-electron chi connectivity index (χ2n) is 3.43. The molecule has 0 fully saturated rings. The third kappa shape index (κ3) is 9.79. The quantitative estimate of drug-likeness (QED) is 0.584. The number of hydrogen-bond acceptors (Lipinski definition) is 4. The summed E-state index contributed by atoms with van der Waals surface area (Å²) < 4.78 is 21.6. The van der Waals surface area contributed by atoms with E-state index in [0.29, 0.717) is 13.1 Å². The lowest BCUT2D eigenvalue weighted by Gasteiger charge is -2.15. The van der Waals surface area contributed by atoms with Crippen molar-refractivity contribution in [2.75, 3.05) is 38.7 Å². The molecule has 0 aliphatic carbocycles. The summed E-state index contributed by atoms with van der Waals surface area (Å²) in [6.45, 7) is 2.25. The predicted octanol–water partition coefficient (Wildman–Crippen LogP) is -0.298. The fourth-order valence-corrected chi connectivity index (χ4v) is 1.60. The summed E-state index contributed by atoms with van der Waals surface area (Å²) in [7, 11) is -0.884. The topological polar surface area (TPSA) is 63.4 Å². The average molecular weight is 208 g/mol. The highest BCUT2D eigenvalue weighted by atomic mass is 32.2. The van der Waals surface area contributed by atoms with Crippen LogP contribution in [0.3, 0.4) is 0 Å². The van der Waals surface area contributed by atoms with Crippen LogP contribution in [-0.4, -0.2) is 52.0 Å². The Kier molecular flexibility index (Phi) is 6.28. The smallest absolute Gasteiger partial charge is 0.148 e. The van der Waals surface area contributed by atoms with Crippen molar-refractivity contribution in [3.63, 3.8) is 0 Å². The molecule has 0 aromatic rings. The molecule has 13 heavy (non-hydrogen) atoms. The third-order valence-corrected chi connectivity index (χ3v) is 2.76. The number of nitrogens with zero attached hydrogens (tertiary/aromatic N) is 1. The molecule has 5 heteroatoms. The lowest BCUT2D eigenvalue weighted by Crippen LogP contribution is -2.26. The molecular formula is C8H20N2O2S. The maximum atomic E-state index is 10.8. The Morgan fingerprint density at radius 1 is 1.23 bits per heavy atom. The van der Waals surface area contributed by atoms with Crippen LogP contribution in [0.2, 0.25) is 0 Å². The van der Waals surface area contributed by atoms with Crippen LogP contribution in [-0.2, 0) is 9.84 Å². The van der Waals surface area contributed by atoms with Gasteiger partial charge in [-0.3, -0.25) is 0 Å². The standard InChI is InChI=1S/C8H20N2O2S/c1-10(6-4-3-5-9)7-8-13(2,11)12/h3-9H2,1-2H3. The van der Waals surface area contributed by atoms with Gasteiger partial charge in [0.15, 0.2) is 0 Å². The van der Waals surface area contributed by atoms with Gasteiger partial charge < -0.3 is 10.6 Å². The van der Waals surface area contributed by atoms with Crippen molar-refractivity contribution in [2.45, 2.75) is 12.8 Å². The van der Waals surface area contributed by atoms with Gasteiger partial charge in [0.2, 0.25) is 0 Å². The van der Waals surface area contributed by atoms with Crippen molar-refractivity contribution in [3.8, 4) is 0 Å². The number of rotatable bonds is 7. The Morgan fingerprint density at radius 3 is 2.31 bits per heavy atom. The van der Waals surface area contributed by atoms with Crippen molar-refractivity contribution < 1.29 is 8.42 Å². The summed E-state index contributed by atoms with van der Waals surface area (Å²) in [5, 5.41) is 0. The second kappa shape index (κ2) is 6.34. The largest absolute Gasteiger partial charge is 0.330 e. The molecule has 0 atom stereocenters. The SMILES string of the molecule is CN(CCCCN)CCS(C)(=O)=O. The highest BCUT2D eigenvalue weighted by Crippen LogP contribution is 1.92. The lowest BCUT2D eigenvalue weighted by molar-refractivity contribution is 0.345. The summed E-state index contributed by atoms with van der Waals surface area (Å²) in [6.07, 6.45) is 3.31. The van der Waals surface area contributed by atoms with Crippen LogP contribution in [0, 0.1) is 0 Å². The summed E-state index contributed by atoms with van der Waals surface area (Å²) in [6, 6.07) is 0. The van der Waals surface area contributed by atoms with E-state index in [1.165, 1.54) is 6.26 Å². The Hall–Kier alpha value is -0.130. The molecule has 0 bridgehead atoms. The molecule has 0 aromatic carbocycles. The molecule has 0 aliphatic heterocycles. The zero-order valence-corrected chi connectivity index (χ0v) is 9.31. The molecule has 0 spiro atoms. The normalized spacial score (nSPS) is 12.3. The maximum Gasteiger partial charge on any atom is 0.148 e. The van der Waals surface area contributed by atoms with Gasteiger partial charge in [0.25, 0.3) is 0 Å². The molecule has 0 saturated heterocycles. The van der Waals surface area contributed by atoms with Gasteiger partial charge in [-0.2, -0.15) is 0 Å². The first-order chi connectivity index (χ1) is 5.95. The van der Waals surface area contributed by atoms with Crippen LogP contribution in [0.25, 0.3) is 0 Å². The van der Waals surface area contributed by atoms with Gasteiger partial charge in [-0.15, -0.1) is 0 Å². The van der Waals surface area contributed by atoms with E-state index in [1.807, 2.05) is 11.9 Å². The zero-order valence-electron chi connectivity index (χ0n) is 8.49. The minimum Gasteiger partial charge on any atom is -0.330 e. The van der Waals surface area contributed by atoms with E-state index in [4.69, 9.17) is 5.73 Å². The number of nitrogens with two attached hydrogens (primary N) is 1. The summed E-state index contributed by atoms with van der Waals surface area (Å²) in [5.41, 5.74) is 5.34. The predicted molar refractivity (Wildman–Crippen MR) is 55.5 cm³/mol. The molecule has 0 aromatic heterocycles. The molecule has 0 unspecified atom stereocenters. The highest BCUT2D eigenvalue weighted by Gasteiger charge is 2.04. The van der Waals surface area contributed by atoms with Crippen LogP contribution in [0.15, 0.2) is 0 Å². The van der Waals surface area contributed by atoms with Crippen LogP contribution in [0.4, 0.5) is 0 Å². The van der Waals surface area contributed by atoms with Gasteiger partial charge in [0.1, 0.15) is 9.84 Å². The summed E-state index contributed by atoms with van der Waals surface area (Å²) in [4.78, 5) is 2.02. The molecule has 4 nitrogen and oxygen atoms in total. The van der Waals surface area contributed by atoms with Crippen LogP contribution in [0.1, 0.15) is 12.8 Å². The maximum absolute atomic E-state index is 10.8. The van der Waals surface area contributed by atoms with E-state index in [9.17, 15) is 8.42 Å². The van der Waals surface area contributed by atoms with Gasteiger partial charge in [-0.1, -0.05) is 0 Å². The van der Waals surface area contributed by atoms with E-state index in [-0.39, 0.29) is 5.75 Å². The Bertz CT molecular complexity index is 214. The van der Waals surface area contributed by atoms with E-state index in [2.05, 4.69) is 0 Å². The first-order valence-electron chi connectivity index (χ1n) is 4.52. The molecule has 0 heterocycles. The molecule has 0 radical (unpaired) electrons. The zero-order chi connectivity index (χ0) is 10.3. The van der Waals surface area contributed by atoms with Crippen molar-refractivity contribution >= 4 is 9.84 Å². The van der Waals surface area contributed by atoms with Crippen LogP contribution < -0.4 is 5.73 Å². The fraction of sp³-hybridized carbons (Fsp3) is 1.00. The Morgan fingerprint density at radius 2 is 1.85 bits per heavy atom. The molecular weight excluding hydrogens is 188 g/mol. The molecule has 80 valence electrons. The van der Waals surface area contributed by atoms with E-state index in [0.717, 1.165) is 19.4 Å². The van der Waals surface area contributed by atoms with E-state index in [1.54, 1.807) is 0 Å². The molecule has 0 rings (SSSR count). The first-order valence-corrected chi connectivity index (χ1v) is 6.58. The summed E-state index contributed by atoms with van der Waals surface area (Å²) in [5.74, 6) is 0.242. The van der Waals surface area contributed by atoms with Crippen molar-refractivity contribution in [2.24, 2.45) is 5.73 Å². The minimum atomic E-state index is -2.82. The van der Waals surface area contributed by atoms with E-state index < -0.39 is 9.84 Å². The average Bonchev–Trinajstić information content (AvgIpc) is 2.00. The number of hydrogen-bond donors (Lipinski definition) is 1. The molecule has 2 N–H and O–H groups in total. The van der Waals surface area contributed by atoms with Crippen LogP contribution >= 0.6 is 0 Å².